The molecule has 1 aromatic carbocycles. The highest BCUT2D eigenvalue weighted by atomic mass is 19.4. The first-order valence-electron chi connectivity index (χ1n) is 8.66. The van der Waals surface area contributed by atoms with E-state index in [0.29, 0.717) is 18.5 Å². The fourth-order valence-electron chi connectivity index (χ4n) is 2.64. The lowest BCUT2D eigenvalue weighted by molar-refractivity contribution is -0.137. The molecule has 0 bridgehead atoms. The van der Waals surface area contributed by atoms with Gasteiger partial charge < -0.3 is 5.32 Å². The summed E-state index contributed by atoms with van der Waals surface area (Å²) in [5, 5.41) is 14.6. The number of nitrogens with zero attached hydrogens (tertiary/aromatic N) is 5. The van der Waals surface area contributed by atoms with Gasteiger partial charge in [0.2, 0.25) is 0 Å². The molecule has 10 heteroatoms. The van der Waals surface area contributed by atoms with Gasteiger partial charge in [0.1, 0.15) is 0 Å². The number of carbonyl (C=O) groups excluding carboxylic acids is 1. The molecular formula is C18H19F3N6O. The molecule has 0 saturated heterocycles. The molecule has 2 heterocycles. The van der Waals surface area contributed by atoms with Crippen molar-refractivity contribution in [1.82, 2.24) is 30.1 Å². The number of amides is 1. The highest BCUT2D eigenvalue weighted by Crippen LogP contribution is 2.29. The molecule has 0 saturated carbocycles. The van der Waals surface area contributed by atoms with Crippen molar-refractivity contribution < 1.29 is 18.0 Å². The van der Waals surface area contributed by atoms with Crippen LogP contribution in [0.25, 0.3) is 0 Å². The lowest BCUT2D eigenvalue weighted by Gasteiger charge is -2.12. The van der Waals surface area contributed by atoms with Gasteiger partial charge in [-0.15, -0.1) is 5.10 Å². The lowest BCUT2D eigenvalue weighted by atomic mass is 10.1. The third kappa shape index (κ3) is 5.18. The SMILES string of the molecule is C[C@@H](CCn1cccn1)NC(=O)c1cn(Cc2cccc(C(F)(F)F)c2)nn1. The van der Waals surface area contributed by atoms with Crippen molar-refractivity contribution in [2.24, 2.45) is 0 Å². The molecule has 3 aromatic rings. The van der Waals surface area contributed by atoms with Crippen LogP contribution < -0.4 is 5.32 Å². The number of benzene rings is 1. The second-order valence-electron chi connectivity index (χ2n) is 6.43. The number of alkyl halides is 3. The number of halogens is 3. The van der Waals surface area contributed by atoms with Gasteiger partial charge in [-0.2, -0.15) is 18.3 Å². The van der Waals surface area contributed by atoms with Crippen molar-refractivity contribution >= 4 is 5.91 Å². The summed E-state index contributed by atoms with van der Waals surface area (Å²) in [6.45, 7) is 2.62. The largest absolute Gasteiger partial charge is 0.416 e. The van der Waals surface area contributed by atoms with Crippen LogP contribution >= 0.6 is 0 Å². The molecule has 148 valence electrons. The summed E-state index contributed by atoms with van der Waals surface area (Å²) in [5.74, 6) is -0.386. The fourth-order valence-corrected chi connectivity index (χ4v) is 2.64. The molecule has 0 aliphatic carbocycles. The van der Waals surface area contributed by atoms with Gasteiger partial charge >= 0.3 is 6.18 Å². The van der Waals surface area contributed by atoms with E-state index in [2.05, 4.69) is 20.7 Å². The fraction of sp³-hybridized carbons (Fsp3) is 0.333. The number of hydrogen-bond donors (Lipinski definition) is 1. The summed E-state index contributed by atoms with van der Waals surface area (Å²) in [4.78, 5) is 12.3. The first-order valence-corrected chi connectivity index (χ1v) is 8.66. The van der Waals surface area contributed by atoms with Crippen molar-refractivity contribution in [3.8, 4) is 0 Å². The molecule has 0 aliphatic rings. The van der Waals surface area contributed by atoms with Crippen LogP contribution in [0.5, 0.6) is 0 Å². The normalized spacial score (nSPS) is 12.7. The number of nitrogens with one attached hydrogen (secondary N) is 1. The first kappa shape index (κ1) is 19.6. The van der Waals surface area contributed by atoms with Crippen molar-refractivity contribution in [3.63, 3.8) is 0 Å². The zero-order chi connectivity index (χ0) is 20.1. The van der Waals surface area contributed by atoms with Crippen LogP contribution in [-0.2, 0) is 19.3 Å². The Morgan fingerprint density at radius 3 is 2.79 bits per heavy atom. The summed E-state index contributed by atoms with van der Waals surface area (Å²) < 4.78 is 41.5. The van der Waals surface area contributed by atoms with Gasteiger partial charge in [0.05, 0.1) is 18.3 Å². The van der Waals surface area contributed by atoms with Crippen molar-refractivity contribution in [3.05, 3.63) is 65.7 Å². The topological polar surface area (TPSA) is 77.6 Å². The number of aromatic nitrogens is 5. The predicted molar refractivity (Wildman–Crippen MR) is 94.3 cm³/mol. The number of rotatable bonds is 7. The minimum Gasteiger partial charge on any atom is -0.348 e. The third-order valence-electron chi connectivity index (χ3n) is 4.10. The van der Waals surface area contributed by atoms with Gasteiger partial charge in [0.15, 0.2) is 5.69 Å². The number of aryl methyl sites for hydroxylation is 1. The standard InChI is InChI=1S/C18H19F3N6O/c1-13(6-9-26-8-3-7-22-26)23-17(28)16-12-27(25-24-16)11-14-4-2-5-15(10-14)18(19,20)21/h2-5,7-8,10,12-13H,6,9,11H2,1H3,(H,23,28)/t13-/m0/s1. The summed E-state index contributed by atoms with van der Waals surface area (Å²) >= 11 is 0. The van der Waals surface area contributed by atoms with Gasteiger partial charge in [0, 0.05) is 25.0 Å². The number of carbonyl (C=O) groups is 1. The molecule has 0 unspecified atom stereocenters. The Kier molecular flexibility index (Phi) is 5.76. The maximum Gasteiger partial charge on any atom is 0.416 e. The van der Waals surface area contributed by atoms with E-state index >= 15 is 0 Å². The van der Waals surface area contributed by atoms with E-state index in [1.165, 1.54) is 16.9 Å². The maximum atomic E-state index is 12.8. The summed E-state index contributed by atoms with van der Waals surface area (Å²) in [6, 6.07) is 6.68. The zero-order valence-corrected chi connectivity index (χ0v) is 15.1. The molecule has 1 amide bonds. The molecule has 2 aromatic heterocycles. The van der Waals surface area contributed by atoms with Crippen LogP contribution in [0, 0.1) is 0 Å². The molecule has 3 rings (SSSR count). The Morgan fingerprint density at radius 2 is 2.07 bits per heavy atom. The van der Waals surface area contributed by atoms with E-state index in [1.54, 1.807) is 16.9 Å². The van der Waals surface area contributed by atoms with Gasteiger partial charge in [-0.3, -0.25) is 9.48 Å². The highest BCUT2D eigenvalue weighted by Gasteiger charge is 2.30. The molecule has 7 nitrogen and oxygen atoms in total. The Labute approximate surface area is 159 Å². The Hall–Kier alpha value is -3.17. The van der Waals surface area contributed by atoms with Crippen LogP contribution in [0.15, 0.2) is 48.9 Å². The van der Waals surface area contributed by atoms with Gasteiger partial charge in [0.25, 0.3) is 5.91 Å². The Balaban J connectivity index is 1.56. The van der Waals surface area contributed by atoms with E-state index in [0.717, 1.165) is 12.1 Å². The molecular weight excluding hydrogens is 373 g/mol. The van der Waals surface area contributed by atoms with Crippen LogP contribution in [0.3, 0.4) is 0 Å². The second-order valence-corrected chi connectivity index (χ2v) is 6.43. The predicted octanol–water partition coefficient (Wildman–Crippen LogP) is 2.75. The van der Waals surface area contributed by atoms with Crippen molar-refractivity contribution in [1.29, 1.82) is 0 Å². The van der Waals surface area contributed by atoms with Crippen molar-refractivity contribution in [2.45, 2.75) is 38.7 Å². The molecule has 0 spiro atoms. The average molecular weight is 392 g/mol. The van der Waals surface area contributed by atoms with Gasteiger partial charge in [-0.05, 0) is 37.1 Å². The van der Waals surface area contributed by atoms with E-state index in [-0.39, 0.29) is 24.2 Å². The van der Waals surface area contributed by atoms with Crippen LogP contribution in [0.1, 0.15) is 35.0 Å². The number of hydrogen-bond acceptors (Lipinski definition) is 4. The quantitative estimate of drug-likeness (QED) is 0.671. The van der Waals surface area contributed by atoms with Crippen molar-refractivity contribution in [2.75, 3.05) is 0 Å². The van der Waals surface area contributed by atoms with Crippen LogP contribution in [0.4, 0.5) is 13.2 Å². The summed E-state index contributed by atoms with van der Waals surface area (Å²) in [6.07, 6.45) is 1.22. The van der Waals surface area contributed by atoms with Gasteiger partial charge in [-0.1, -0.05) is 17.3 Å². The minimum absolute atomic E-state index is 0.0824. The average Bonchev–Trinajstić information content (AvgIpc) is 3.31. The van der Waals surface area contributed by atoms with Crippen LogP contribution in [-0.4, -0.2) is 36.7 Å². The zero-order valence-electron chi connectivity index (χ0n) is 15.1. The molecule has 0 radical (unpaired) electrons. The second kappa shape index (κ2) is 8.24. The van der Waals surface area contributed by atoms with E-state index in [4.69, 9.17) is 0 Å². The minimum atomic E-state index is -4.41. The molecule has 0 fully saturated rings. The smallest absolute Gasteiger partial charge is 0.348 e. The maximum absolute atomic E-state index is 12.8. The molecule has 1 N–H and O–H groups in total. The molecule has 1 atom stereocenters. The summed E-state index contributed by atoms with van der Waals surface area (Å²) in [5.41, 5.74) is -0.203. The Bertz CT molecular complexity index is 920. The van der Waals surface area contributed by atoms with E-state index in [1.807, 2.05) is 19.2 Å². The molecule has 28 heavy (non-hydrogen) atoms. The highest BCUT2D eigenvalue weighted by molar-refractivity contribution is 5.92. The van der Waals surface area contributed by atoms with E-state index < -0.39 is 11.7 Å². The van der Waals surface area contributed by atoms with Gasteiger partial charge in [-0.25, -0.2) is 4.68 Å². The monoisotopic (exact) mass is 392 g/mol. The molecule has 0 aliphatic heterocycles. The van der Waals surface area contributed by atoms with E-state index in [9.17, 15) is 18.0 Å². The Morgan fingerprint density at radius 1 is 1.25 bits per heavy atom. The lowest BCUT2D eigenvalue weighted by Crippen LogP contribution is -2.33. The van der Waals surface area contributed by atoms with Crippen LogP contribution in [0.2, 0.25) is 0 Å². The first-order chi connectivity index (χ1) is 13.3. The third-order valence-corrected chi connectivity index (χ3v) is 4.10. The summed E-state index contributed by atoms with van der Waals surface area (Å²) in [7, 11) is 0.